The van der Waals surface area contributed by atoms with Gasteiger partial charge in [0.15, 0.2) is 0 Å². The zero-order valence-corrected chi connectivity index (χ0v) is 14.4. The van der Waals surface area contributed by atoms with E-state index < -0.39 is 11.8 Å². The number of carbonyl (C=O) groups is 3. The van der Waals surface area contributed by atoms with Gasteiger partial charge in [-0.05, 0) is 39.0 Å². The number of likely N-dealkylation sites (tertiary alicyclic amines) is 1. The van der Waals surface area contributed by atoms with Gasteiger partial charge in [0.05, 0.1) is 0 Å². The fraction of sp³-hybridized carbons (Fsp3) is 0.706. The van der Waals surface area contributed by atoms with Crippen molar-refractivity contribution in [2.75, 3.05) is 13.1 Å². The zero-order valence-electron chi connectivity index (χ0n) is 14.4. The van der Waals surface area contributed by atoms with Crippen molar-refractivity contribution in [3.05, 3.63) is 11.8 Å². The minimum atomic E-state index is -0.697. The maximum absolute atomic E-state index is 12.0. The van der Waals surface area contributed by atoms with Crippen LogP contribution in [0, 0.1) is 0 Å². The molecule has 1 saturated heterocycles. The van der Waals surface area contributed by atoms with E-state index in [0.717, 1.165) is 44.9 Å². The molecule has 0 spiro atoms. The van der Waals surface area contributed by atoms with Crippen molar-refractivity contribution in [3.8, 4) is 0 Å². The van der Waals surface area contributed by atoms with Crippen LogP contribution < -0.4 is 16.2 Å². The number of hydrazine groups is 1. The number of hydrogen-bond acceptors (Lipinski definition) is 4. The number of allylic oxidation sites excluding steroid dienone is 1. The van der Waals surface area contributed by atoms with Crippen molar-refractivity contribution in [2.45, 2.75) is 64.3 Å². The summed E-state index contributed by atoms with van der Waals surface area (Å²) in [6.07, 6.45) is 9.96. The highest BCUT2D eigenvalue weighted by Crippen LogP contribution is 2.17. The molecule has 2 rings (SSSR count). The van der Waals surface area contributed by atoms with Crippen LogP contribution in [0.1, 0.15) is 58.3 Å². The fourth-order valence-corrected chi connectivity index (χ4v) is 3.17. The van der Waals surface area contributed by atoms with E-state index in [4.69, 9.17) is 0 Å². The van der Waals surface area contributed by atoms with Crippen LogP contribution in [0.2, 0.25) is 0 Å². The summed E-state index contributed by atoms with van der Waals surface area (Å²) in [4.78, 5) is 37.3. The number of rotatable bonds is 4. The Morgan fingerprint density at radius 1 is 0.917 bits per heavy atom. The molecule has 1 saturated carbocycles. The molecule has 0 aromatic carbocycles. The molecule has 0 atom stereocenters. The molecule has 1 heterocycles. The predicted molar refractivity (Wildman–Crippen MR) is 90.5 cm³/mol. The fourth-order valence-electron chi connectivity index (χ4n) is 3.17. The van der Waals surface area contributed by atoms with E-state index in [9.17, 15) is 14.4 Å². The van der Waals surface area contributed by atoms with E-state index in [2.05, 4.69) is 16.2 Å². The van der Waals surface area contributed by atoms with Crippen LogP contribution in [0.15, 0.2) is 11.8 Å². The van der Waals surface area contributed by atoms with E-state index in [1.165, 1.54) is 12.5 Å². The third-order valence-electron chi connectivity index (χ3n) is 4.51. The lowest BCUT2D eigenvalue weighted by Crippen LogP contribution is -2.49. The molecular formula is C17H28N4O3. The molecule has 134 valence electrons. The second kappa shape index (κ2) is 9.30. The average molecular weight is 336 g/mol. The highest BCUT2D eigenvalue weighted by atomic mass is 16.2. The van der Waals surface area contributed by atoms with Gasteiger partial charge in [-0.15, -0.1) is 0 Å². The Bertz CT molecular complexity index is 492. The minimum absolute atomic E-state index is 0.177. The lowest BCUT2D eigenvalue weighted by molar-refractivity contribution is -0.146. The van der Waals surface area contributed by atoms with Gasteiger partial charge in [-0.2, -0.15) is 0 Å². The number of nitrogens with zero attached hydrogens (tertiary/aromatic N) is 1. The molecule has 7 nitrogen and oxygen atoms in total. The van der Waals surface area contributed by atoms with Gasteiger partial charge in [0, 0.05) is 30.9 Å². The van der Waals surface area contributed by atoms with Gasteiger partial charge in [-0.1, -0.05) is 19.3 Å². The highest BCUT2D eigenvalue weighted by molar-refractivity contribution is 6.34. The summed E-state index contributed by atoms with van der Waals surface area (Å²) in [5.74, 6) is -1.40. The zero-order chi connectivity index (χ0) is 17.4. The van der Waals surface area contributed by atoms with Crippen molar-refractivity contribution in [1.82, 2.24) is 21.1 Å². The first kappa shape index (κ1) is 18.3. The molecular weight excluding hydrogens is 308 g/mol. The number of amides is 3. The normalized spacial score (nSPS) is 19.5. The Labute approximate surface area is 143 Å². The summed E-state index contributed by atoms with van der Waals surface area (Å²) in [6.45, 7) is 2.93. The highest BCUT2D eigenvalue weighted by Gasteiger charge is 2.23. The summed E-state index contributed by atoms with van der Waals surface area (Å²) in [7, 11) is 0. The summed E-state index contributed by atoms with van der Waals surface area (Å²) in [5, 5.41) is 2.97. The van der Waals surface area contributed by atoms with Gasteiger partial charge in [0.2, 0.25) is 5.91 Å². The Hall–Kier alpha value is -2.05. The smallest absolute Gasteiger partial charge is 0.327 e. The second-order valence-electron chi connectivity index (χ2n) is 6.60. The van der Waals surface area contributed by atoms with Crippen LogP contribution in [0.5, 0.6) is 0 Å². The topological polar surface area (TPSA) is 90.5 Å². The molecule has 0 radical (unpaired) electrons. The van der Waals surface area contributed by atoms with E-state index in [-0.39, 0.29) is 11.9 Å². The van der Waals surface area contributed by atoms with Gasteiger partial charge in [0.25, 0.3) is 0 Å². The van der Waals surface area contributed by atoms with Crippen LogP contribution in [-0.4, -0.2) is 41.8 Å². The molecule has 2 fully saturated rings. The summed E-state index contributed by atoms with van der Waals surface area (Å²) >= 11 is 0. The van der Waals surface area contributed by atoms with Crippen molar-refractivity contribution >= 4 is 17.7 Å². The third kappa shape index (κ3) is 5.86. The maximum atomic E-state index is 12.0. The van der Waals surface area contributed by atoms with Gasteiger partial charge in [0.1, 0.15) is 0 Å². The standard InChI is InChI=1S/C17H28N4O3/c1-13(12-15(22)18-14-8-4-2-5-9-14)19-20-16(23)17(24)21-10-6-3-7-11-21/h12,14,19H,2-11H2,1H3,(H,18,22)(H,20,23)/b13-12-. The first-order valence-corrected chi connectivity index (χ1v) is 8.90. The molecule has 3 amide bonds. The van der Waals surface area contributed by atoms with Crippen LogP contribution in [0.3, 0.4) is 0 Å². The summed E-state index contributed by atoms with van der Waals surface area (Å²) in [6, 6.07) is 0.241. The lowest BCUT2D eigenvalue weighted by atomic mass is 9.95. The SMILES string of the molecule is C/C(=C/C(=O)NC1CCCCC1)NNC(=O)C(=O)N1CCCCC1. The monoisotopic (exact) mass is 336 g/mol. The van der Waals surface area contributed by atoms with Gasteiger partial charge < -0.3 is 15.6 Å². The number of hydrogen-bond donors (Lipinski definition) is 3. The van der Waals surface area contributed by atoms with Gasteiger partial charge in [-0.3, -0.25) is 19.8 Å². The van der Waals surface area contributed by atoms with Crippen LogP contribution in [0.4, 0.5) is 0 Å². The van der Waals surface area contributed by atoms with Gasteiger partial charge in [-0.25, -0.2) is 0 Å². The molecule has 7 heteroatoms. The molecule has 1 aliphatic carbocycles. The van der Waals surface area contributed by atoms with Gasteiger partial charge >= 0.3 is 11.8 Å². The largest absolute Gasteiger partial charge is 0.350 e. The third-order valence-corrected chi connectivity index (χ3v) is 4.51. The van der Waals surface area contributed by atoms with Crippen molar-refractivity contribution in [3.63, 3.8) is 0 Å². The Balaban J connectivity index is 1.72. The quantitative estimate of drug-likeness (QED) is 0.405. The lowest BCUT2D eigenvalue weighted by Gasteiger charge is -2.26. The number of carbonyl (C=O) groups excluding carboxylic acids is 3. The van der Waals surface area contributed by atoms with Crippen molar-refractivity contribution in [1.29, 1.82) is 0 Å². The van der Waals surface area contributed by atoms with E-state index in [1.807, 2.05) is 0 Å². The molecule has 0 bridgehead atoms. The maximum Gasteiger partial charge on any atom is 0.327 e. The van der Waals surface area contributed by atoms with Crippen LogP contribution in [0.25, 0.3) is 0 Å². The molecule has 0 unspecified atom stereocenters. The Morgan fingerprint density at radius 3 is 2.21 bits per heavy atom. The first-order chi connectivity index (χ1) is 11.6. The number of nitrogens with one attached hydrogen (secondary N) is 3. The molecule has 0 aromatic heterocycles. The number of piperidine rings is 1. The molecule has 2 aliphatic rings. The molecule has 0 aromatic rings. The first-order valence-electron chi connectivity index (χ1n) is 8.90. The minimum Gasteiger partial charge on any atom is -0.350 e. The summed E-state index contributed by atoms with van der Waals surface area (Å²) < 4.78 is 0. The van der Waals surface area contributed by atoms with E-state index >= 15 is 0 Å². The predicted octanol–water partition coefficient (Wildman–Crippen LogP) is 0.972. The van der Waals surface area contributed by atoms with Crippen LogP contribution in [-0.2, 0) is 14.4 Å². The van der Waals surface area contributed by atoms with Crippen LogP contribution >= 0.6 is 0 Å². The van der Waals surface area contributed by atoms with E-state index in [1.54, 1.807) is 11.8 Å². The molecule has 1 aliphatic heterocycles. The van der Waals surface area contributed by atoms with E-state index in [0.29, 0.717) is 18.8 Å². The van der Waals surface area contributed by atoms with Crippen molar-refractivity contribution in [2.24, 2.45) is 0 Å². The second-order valence-corrected chi connectivity index (χ2v) is 6.60. The molecule has 24 heavy (non-hydrogen) atoms. The van der Waals surface area contributed by atoms with Crippen molar-refractivity contribution < 1.29 is 14.4 Å². The summed E-state index contributed by atoms with van der Waals surface area (Å²) in [5.41, 5.74) is 5.47. The molecule has 3 N–H and O–H groups in total. The Morgan fingerprint density at radius 2 is 1.54 bits per heavy atom. The average Bonchev–Trinajstić information content (AvgIpc) is 2.60. The Kier molecular flexibility index (Phi) is 7.08.